The lowest BCUT2D eigenvalue weighted by molar-refractivity contribution is 0.622. The van der Waals surface area contributed by atoms with Gasteiger partial charge < -0.3 is 5.32 Å². The van der Waals surface area contributed by atoms with Crippen LogP contribution in [0, 0.1) is 5.82 Å². The Morgan fingerprint density at radius 1 is 1.14 bits per heavy atom. The molecule has 0 amide bonds. The van der Waals surface area contributed by atoms with Gasteiger partial charge in [0.05, 0.1) is 16.9 Å². The summed E-state index contributed by atoms with van der Waals surface area (Å²) >= 11 is 3.46. The molecule has 4 aromatic rings. The van der Waals surface area contributed by atoms with Crippen LogP contribution in [-0.2, 0) is 6.42 Å². The van der Waals surface area contributed by atoms with Crippen LogP contribution in [0.1, 0.15) is 17.5 Å². The van der Waals surface area contributed by atoms with Crippen molar-refractivity contribution >= 4 is 33.1 Å². The number of benzene rings is 1. The molecule has 0 radical (unpaired) electrons. The predicted octanol–water partition coefficient (Wildman–Crippen LogP) is 4.53. The maximum absolute atomic E-state index is 13.6. The summed E-state index contributed by atoms with van der Waals surface area (Å²) in [5.41, 5.74) is 5.12. The summed E-state index contributed by atoms with van der Waals surface area (Å²) in [7, 11) is 0. The molecule has 3 heterocycles. The highest BCUT2D eigenvalue weighted by Crippen LogP contribution is 2.29. The van der Waals surface area contributed by atoms with Gasteiger partial charge in [-0.3, -0.25) is 4.98 Å². The van der Waals surface area contributed by atoms with E-state index in [1.807, 2.05) is 0 Å². The Balaban J connectivity index is 1.42. The molecule has 0 aliphatic heterocycles. The van der Waals surface area contributed by atoms with E-state index >= 15 is 0 Å². The van der Waals surface area contributed by atoms with Crippen molar-refractivity contribution in [2.45, 2.75) is 12.8 Å². The highest BCUT2D eigenvalue weighted by atomic mass is 79.9. The molecule has 1 aromatic carbocycles. The number of halogens is 2. The second kappa shape index (κ2) is 7.36. The van der Waals surface area contributed by atoms with Crippen molar-refractivity contribution in [2.24, 2.45) is 0 Å². The summed E-state index contributed by atoms with van der Waals surface area (Å²) in [4.78, 5) is 13.0. The van der Waals surface area contributed by atoms with Crippen molar-refractivity contribution in [3.8, 4) is 11.4 Å². The summed E-state index contributed by atoms with van der Waals surface area (Å²) in [5.74, 6) is 0.505. The largest absolute Gasteiger partial charge is 0.354 e. The molecule has 29 heavy (non-hydrogen) atoms. The van der Waals surface area contributed by atoms with Gasteiger partial charge in [-0.1, -0.05) is 30.3 Å². The fraction of sp³-hybridized carbons (Fsp3) is 0.143. The second-order valence-corrected chi connectivity index (χ2v) is 7.61. The van der Waals surface area contributed by atoms with E-state index in [9.17, 15) is 4.39 Å². The first-order valence-electron chi connectivity index (χ1n) is 9.22. The van der Waals surface area contributed by atoms with Crippen LogP contribution in [0.15, 0.2) is 59.5 Å². The van der Waals surface area contributed by atoms with Crippen LogP contribution in [0.5, 0.6) is 0 Å². The van der Waals surface area contributed by atoms with Crippen molar-refractivity contribution in [3.05, 3.63) is 76.4 Å². The van der Waals surface area contributed by atoms with E-state index in [1.165, 1.54) is 22.8 Å². The standard InChI is InChI=1S/C21H16BrFN6/c22-18-12-26-29-20(18)27-19(15-9-16(23)11-24-10-15)28-21(29)25-8-7-14-6-5-13-3-1-2-4-17(13)14/h1-4,6,9-12H,5,7-8H2,(H,25,27,28). The minimum atomic E-state index is -0.431. The lowest BCUT2D eigenvalue weighted by Gasteiger charge is -2.11. The molecular formula is C21H16BrFN6. The summed E-state index contributed by atoms with van der Waals surface area (Å²) in [6.07, 6.45) is 8.48. The van der Waals surface area contributed by atoms with Crippen molar-refractivity contribution in [1.82, 2.24) is 24.6 Å². The lowest BCUT2D eigenvalue weighted by Crippen LogP contribution is -2.11. The average molecular weight is 451 g/mol. The first-order chi connectivity index (χ1) is 14.2. The number of hydrogen-bond acceptors (Lipinski definition) is 5. The molecule has 3 aromatic heterocycles. The molecule has 1 N–H and O–H groups in total. The van der Waals surface area contributed by atoms with Crippen LogP contribution in [0.25, 0.3) is 22.6 Å². The zero-order chi connectivity index (χ0) is 19.8. The van der Waals surface area contributed by atoms with E-state index < -0.39 is 5.82 Å². The topological polar surface area (TPSA) is 68.0 Å². The van der Waals surface area contributed by atoms with Gasteiger partial charge in [-0.2, -0.15) is 14.6 Å². The summed E-state index contributed by atoms with van der Waals surface area (Å²) in [5, 5.41) is 7.69. The van der Waals surface area contributed by atoms with E-state index in [-0.39, 0.29) is 0 Å². The van der Waals surface area contributed by atoms with Gasteiger partial charge in [-0.05, 0) is 51.5 Å². The molecule has 0 fully saturated rings. The summed E-state index contributed by atoms with van der Waals surface area (Å²) in [6, 6.07) is 9.84. The first kappa shape index (κ1) is 17.9. The lowest BCUT2D eigenvalue weighted by atomic mass is 10.0. The van der Waals surface area contributed by atoms with Crippen molar-refractivity contribution in [1.29, 1.82) is 0 Å². The fourth-order valence-corrected chi connectivity index (χ4v) is 3.88. The van der Waals surface area contributed by atoms with Crippen LogP contribution < -0.4 is 5.32 Å². The zero-order valence-electron chi connectivity index (χ0n) is 15.3. The smallest absolute Gasteiger partial charge is 0.227 e. The molecule has 8 heteroatoms. The zero-order valence-corrected chi connectivity index (χ0v) is 16.9. The van der Waals surface area contributed by atoms with E-state index in [1.54, 1.807) is 16.9 Å². The Kier molecular flexibility index (Phi) is 4.55. The SMILES string of the molecule is Fc1cncc(-c2nc(NCCC3=CCc4ccccc43)n3ncc(Br)c3n2)c1. The monoisotopic (exact) mass is 450 g/mol. The van der Waals surface area contributed by atoms with Crippen molar-refractivity contribution < 1.29 is 4.39 Å². The highest BCUT2D eigenvalue weighted by molar-refractivity contribution is 9.10. The van der Waals surface area contributed by atoms with Gasteiger partial charge in [-0.15, -0.1) is 0 Å². The minimum absolute atomic E-state index is 0.388. The van der Waals surface area contributed by atoms with Gasteiger partial charge in [0.1, 0.15) is 5.82 Å². The van der Waals surface area contributed by atoms with Gasteiger partial charge in [0.25, 0.3) is 0 Å². The molecule has 0 spiro atoms. The molecule has 1 aliphatic rings. The van der Waals surface area contributed by atoms with Crippen LogP contribution in [0.3, 0.4) is 0 Å². The van der Waals surface area contributed by atoms with Gasteiger partial charge in [0.2, 0.25) is 5.95 Å². The normalized spacial score (nSPS) is 12.8. The van der Waals surface area contributed by atoms with E-state index in [0.717, 1.165) is 23.5 Å². The summed E-state index contributed by atoms with van der Waals surface area (Å²) < 4.78 is 16.0. The van der Waals surface area contributed by atoms with Gasteiger partial charge in [0.15, 0.2) is 11.5 Å². The molecule has 1 aliphatic carbocycles. The Morgan fingerprint density at radius 2 is 2.03 bits per heavy atom. The Bertz CT molecular complexity index is 1250. The number of fused-ring (bicyclic) bond motifs is 2. The molecule has 0 saturated carbocycles. The van der Waals surface area contributed by atoms with E-state index in [4.69, 9.17) is 0 Å². The van der Waals surface area contributed by atoms with Gasteiger partial charge in [-0.25, -0.2) is 9.37 Å². The molecule has 6 nitrogen and oxygen atoms in total. The fourth-order valence-electron chi connectivity index (χ4n) is 3.53. The Morgan fingerprint density at radius 3 is 2.93 bits per heavy atom. The van der Waals surface area contributed by atoms with Crippen LogP contribution in [0.4, 0.5) is 10.3 Å². The molecule has 5 rings (SSSR count). The van der Waals surface area contributed by atoms with Crippen LogP contribution >= 0.6 is 15.9 Å². The predicted molar refractivity (Wildman–Crippen MR) is 113 cm³/mol. The first-order valence-corrected chi connectivity index (χ1v) is 10.0. The van der Waals surface area contributed by atoms with Crippen LogP contribution in [-0.4, -0.2) is 31.1 Å². The Hall–Kier alpha value is -3.13. The van der Waals surface area contributed by atoms with Gasteiger partial charge >= 0.3 is 0 Å². The number of nitrogens with zero attached hydrogens (tertiary/aromatic N) is 5. The van der Waals surface area contributed by atoms with Crippen LogP contribution in [0.2, 0.25) is 0 Å². The van der Waals surface area contributed by atoms with Gasteiger partial charge in [0, 0.05) is 18.3 Å². The number of hydrogen-bond donors (Lipinski definition) is 1. The number of aromatic nitrogens is 5. The second-order valence-electron chi connectivity index (χ2n) is 6.76. The van der Waals surface area contributed by atoms with E-state index in [0.29, 0.717) is 29.5 Å². The maximum Gasteiger partial charge on any atom is 0.227 e. The Labute approximate surface area is 174 Å². The summed E-state index contributed by atoms with van der Waals surface area (Å²) in [6.45, 7) is 0.685. The molecule has 144 valence electrons. The molecule has 0 saturated heterocycles. The number of allylic oxidation sites excluding steroid dienone is 1. The quantitative estimate of drug-likeness (QED) is 0.483. The average Bonchev–Trinajstić information content (AvgIpc) is 3.32. The highest BCUT2D eigenvalue weighted by Gasteiger charge is 2.15. The molecule has 0 unspecified atom stereocenters. The van der Waals surface area contributed by atoms with E-state index in [2.05, 4.69) is 71.6 Å². The third-order valence-electron chi connectivity index (χ3n) is 4.90. The number of anilines is 1. The molecular weight excluding hydrogens is 435 g/mol. The number of rotatable bonds is 5. The third-order valence-corrected chi connectivity index (χ3v) is 5.46. The molecule has 0 atom stereocenters. The third kappa shape index (κ3) is 3.40. The van der Waals surface area contributed by atoms with Crippen molar-refractivity contribution in [2.75, 3.05) is 11.9 Å². The minimum Gasteiger partial charge on any atom is -0.354 e. The van der Waals surface area contributed by atoms with Crippen molar-refractivity contribution in [3.63, 3.8) is 0 Å². The number of pyridine rings is 1. The molecule has 0 bridgehead atoms. The maximum atomic E-state index is 13.6. The number of nitrogens with one attached hydrogen (secondary N) is 1.